The third kappa shape index (κ3) is 5.20. The minimum absolute atomic E-state index is 0.00334. The van der Waals surface area contributed by atoms with E-state index in [4.69, 9.17) is 6.42 Å². The van der Waals surface area contributed by atoms with Gasteiger partial charge in [0.15, 0.2) is 0 Å². The molecule has 0 bridgehead atoms. The van der Waals surface area contributed by atoms with Crippen molar-refractivity contribution in [3.63, 3.8) is 0 Å². The second kappa shape index (κ2) is 10.3. The molecule has 2 aliphatic rings. The van der Waals surface area contributed by atoms with Gasteiger partial charge in [0.25, 0.3) is 0 Å². The normalized spacial score (nSPS) is 18.8. The highest BCUT2D eigenvalue weighted by atomic mass is 19.1. The molecule has 0 radical (unpaired) electrons. The molecule has 2 aromatic carbocycles. The van der Waals surface area contributed by atoms with Crippen molar-refractivity contribution in [2.45, 2.75) is 45.4 Å². The van der Waals surface area contributed by atoms with Gasteiger partial charge in [0, 0.05) is 54.2 Å². The number of anilines is 2. The third-order valence-electron chi connectivity index (χ3n) is 7.34. The number of nitriles is 1. The highest BCUT2D eigenvalue weighted by molar-refractivity contribution is 5.99. The number of hydrogen-bond donors (Lipinski definition) is 4. The summed E-state index contributed by atoms with van der Waals surface area (Å²) < 4.78 is 13.9. The first kappa shape index (κ1) is 26.4. The molecule has 1 aliphatic carbocycles. The topological polar surface area (TPSA) is 101 Å². The van der Waals surface area contributed by atoms with E-state index in [-0.39, 0.29) is 17.5 Å². The molecule has 206 valence electrons. The lowest BCUT2D eigenvalue weighted by Gasteiger charge is -2.24. The molecular weight excluding hydrogens is 515 g/mol. The van der Waals surface area contributed by atoms with Crippen LogP contribution in [0.1, 0.15) is 49.9 Å². The molecule has 4 N–H and O–H groups in total. The quantitative estimate of drug-likeness (QED) is 0.225. The van der Waals surface area contributed by atoms with Crippen LogP contribution in [0.25, 0.3) is 21.7 Å². The fraction of sp³-hybridized carbons (Fsp3) is 0.281. The van der Waals surface area contributed by atoms with Gasteiger partial charge in [-0.3, -0.25) is 15.0 Å². The lowest BCUT2D eigenvalue weighted by molar-refractivity contribution is 0.236. The van der Waals surface area contributed by atoms with E-state index >= 15 is 0 Å². The summed E-state index contributed by atoms with van der Waals surface area (Å²) in [6.45, 7) is 7.11. The molecule has 0 amide bonds. The van der Waals surface area contributed by atoms with Crippen molar-refractivity contribution in [2.75, 3.05) is 17.2 Å². The molecule has 9 heteroatoms. The van der Waals surface area contributed by atoms with Crippen LogP contribution in [-0.2, 0) is 0 Å². The van der Waals surface area contributed by atoms with Gasteiger partial charge in [0.2, 0.25) is 0 Å². The van der Waals surface area contributed by atoms with E-state index in [1.165, 1.54) is 0 Å². The molecule has 3 atom stereocenters. The largest absolute Gasteiger partial charge is 0.383 e. The maximum absolute atomic E-state index is 13.9. The second-order valence-electron chi connectivity index (χ2n) is 11.7. The molecule has 8 nitrogen and oxygen atoms in total. The molecule has 1 saturated carbocycles. The van der Waals surface area contributed by atoms with Gasteiger partial charge in [-0.2, -0.15) is 5.26 Å². The standard InChI is InChI=1S/C32H31FN8/c1-5-19-16-36-30-21(14-34)11-22(12-25(30)29(19)37-18-32(2,3)4)38-31(27-17-41(40-39-27)28-13-26(28)33)24-8-6-7-20-15-35-10-9-23(20)24/h1,6-12,15-17,26,28,31,38-40H,13,18H2,2-4H3,(H,36,37)/t26-,28?,31-/m0/s1. The zero-order valence-electron chi connectivity index (χ0n) is 23.2. The fourth-order valence-electron chi connectivity index (χ4n) is 5.12. The van der Waals surface area contributed by atoms with Crippen LogP contribution in [0.5, 0.6) is 0 Å². The van der Waals surface area contributed by atoms with Gasteiger partial charge < -0.3 is 16.1 Å². The number of hydrogen-bond acceptors (Lipinski definition) is 8. The number of benzene rings is 2. The zero-order chi connectivity index (χ0) is 28.7. The van der Waals surface area contributed by atoms with E-state index in [1.54, 1.807) is 23.5 Å². The predicted octanol–water partition coefficient (Wildman–Crippen LogP) is 5.52. The van der Waals surface area contributed by atoms with Crippen molar-refractivity contribution in [3.8, 4) is 18.4 Å². The maximum atomic E-state index is 13.9. The van der Waals surface area contributed by atoms with E-state index in [2.05, 4.69) is 70.4 Å². The number of rotatable bonds is 7. The van der Waals surface area contributed by atoms with E-state index in [1.807, 2.05) is 36.7 Å². The Hall–Kier alpha value is -4.86. The Morgan fingerprint density at radius 2 is 2.02 bits per heavy atom. The average Bonchev–Trinajstić information content (AvgIpc) is 3.50. The summed E-state index contributed by atoms with van der Waals surface area (Å²) in [6.07, 6.45) is 12.6. The number of alkyl halides is 1. The Labute approximate surface area is 238 Å². The first-order valence-electron chi connectivity index (χ1n) is 13.6. The van der Waals surface area contributed by atoms with Gasteiger partial charge in [-0.25, -0.2) is 4.39 Å². The summed E-state index contributed by atoms with van der Waals surface area (Å²) in [7, 11) is 0. The first-order valence-corrected chi connectivity index (χ1v) is 13.6. The number of nitrogens with zero attached hydrogens (tertiary/aromatic N) is 4. The second-order valence-corrected chi connectivity index (χ2v) is 11.7. The molecule has 1 aliphatic heterocycles. The van der Waals surface area contributed by atoms with Gasteiger partial charge in [0.1, 0.15) is 12.2 Å². The van der Waals surface area contributed by atoms with Crippen LogP contribution in [0.3, 0.4) is 0 Å². The van der Waals surface area contributed by atoms with Crippen molar-refractivity contribution in [2.24, 2.45) is 5.41 Å². The van der Waals surface area contributed by atoms with Crippen molar-refractivity contribution < 1.29 is 4.39 Å². The number of fused-ring (bicyclic) bond motifs is 2. The van der Waals surface area contributed by atoms with Crippen LogP contribution in [0.15, 0.2) is 66.9 Å². The summed E-state index contributed by atoms with van der Waals surface area (Å²) >= 11 is 0. The number of pyridine rings is 2. The van der Waals surface area contributed by atoms with Gasteiger partial charge in [-0.05, 0) is 34.6 Å². The minimum atomic E-state index is -0.856. The number of aromatic nitrogens is 2. The Bertz CT molecular complexity index is 1760. The van der Waals surface area contributed by atoms with Crippen LogP contribution >= 0.6 is 0 Å². The van der Waals surface area contributed by atoms with Gasteiger partial charge in [-0.15, -0.1) is 12.0 Å². The fourth-order valence-corrected chi connectivity index (χ4v) is 5.12. The lowest BCUT2D eigenvalue weighted by atomic mass is 9.96. The zero-order valence-corrected chi connectivity index (χ0v) is 23.2. The van der Waals surface area contributed by atoms with Crippen molar-refractivity contribution in [3.05, 3.63) is 83.6 Å². The molecule has 1 unspecified atom stereocenters. The molecule has 41 heavy (non-hydrogen) atoms. The van der Waals surface area contributed by atoms with Gasteiger partial charge in [-0.1, -0.05) is 44.9 Å². The SMILES string of the molecule is C#Cc1cnc2c(C#N)cc(N[C@H](C3=CN(C4C[C@@H]4F)NN3)c3cccc4cnccc34)cc2c1NCC(C)(C)C. The molecule has 3 heterocycles. The van der Waals surface area contributed by atoms with E-state index in [0.717, 1.165) is 38.8 Å². The molecule has 4 aromatic rings. The van der Waals surface area contributed by atoms with E-state index in [0.29, 0.717) is 29.6 Å². The summed E-state index contributed by atoms with van der Waals surface area (Å²) in [5.41, 5.74) is 11.3. The summed E-state index contributed by atoms with van der Waals surface area (Å²) in [5, 5.41) is 21.8. The van der Waals surface area contributed by atoms with Crippen molar-refractivity contribution in [1.82, 2.24) is 25.9 Å². The third-order valence-corrected chi connectivity index (χ3v) is 7.34. The Kier molecular flexibility index (Phi) is 6.61. The van der Waals surface area contributed by atoms with Crippen molar-refractivity contribution in [1.29, 1.82) is 5.26 Å². The van der Waals surface area contributed by atoms with Crippen molar-refractivity contribution >= 4 is 33.1 Å². The summed E-state index contributed by atoms with van der Waals surface area (Å²) in [5.74, 6) is 2.74. The Balaban J connectivity index is 1.48. The smallest absolute Gasteiger partial charge is 0.124 e. The first-order chi connectivity index (χ1) is 19.8. The number of terminal acetylenes is 1. The summed E-state index contributed by atoms with van der Waals surface area (Å²) in [4.78, 5) is 8.84. The summed E-state index contributed by atoms with van der Waals surface area (Å²) in [6, 6.07) is 13.6. The van der Waals surface area contributed by atoms with Crippen LogP contribution in [0, 0.1) is 29.1 Å². The highest BCUT2D eigenvalue weighted by Gasteiger charge is 2.43. The lowest BCUT2D eigenvalue weighted by Crippen LogP contribution is -2.39. The van der Waals surface area contributed by atoms with Crippen LogP contribution < -0.4 is 21.6 Å². The van der Waals surface area contributed by atoms with E-state index in [9.17, 15) is 9.65 Å². The molecule has 0 saturated heterocycles. The molecule has 0 spiro atoms. The highest BCUT2D eigenvalue weighted by Crippen LogP contribution is 2.38. The van der Waals surface area contributed by atoms with Crippen LogP contribution in [-0.4, -0.2) is 33.7 Å². The Morgan fingerprint density at radius 1 is 1.20 bits per heavy atom. The number of halogens is 1. The number of nitrogens with one attached hydrogen (secondary N) is 4. The minimum Gasteiger partial charge on any atom is -0.383 e. The monoisotopic (exact) mass is 546 g/mol. The predicted molar refractivity (Wildman–Crippen MR) is 160 cm³/mol. The van der Waals surface area contributed by atoms with Crippen LogP contribution in [0.4, 0.5) is 15.8 Å². The molecule has 1 fully saturated rings. The number of hydrazine groups is 2. The molecule has 6 rings (SSSR count). The Morgan fingerprint density at radius 3 is 2.76 bits per heavy atom. The van der Waals surface area contributed by atoms with Gasteiger partial charge >= 0.3 is 0 Å². The molecule has 2 aromatic heterocycles. The van der Waals surface area contributed by atoms with Crippen LogP contribution in [0.2, 0.25) is 0 Å². The van der Waals surface area contributed by atoms with E-state index < -0.39 is 6.17 Å². The molecular formula is C32H31FN8. The maximum Gasteiger partial charge on any atom is 0.124 e. The average molecular weight is 547 g/mol. The van der Waals surface area contributed by atoms with Gasteiger partial charge in [0.05, 0.1) is 40.1 Å².